The van der Waals surface area contributed by atoms with E-state index in [4.69, 9.17) is 14.2 Å². The van der Waals surface area contributed by atoms with Crippen molar-refractivity contribution >= 4 is 5.78 Å². The highest BCUT2D eigenvalue weighted by Gasteiger charge is 2.23. The van der Waals surface area contributed by atoms with Crippen molar-refractivity contribution < 1.29 is 19.0 Å². The molecule has 0 aromatic heterocycles. The number of benzene rings is 1. The molecule has 0 fully saturated rings. The molecule has 18 heavy (non-hydrogen) atoms. The minimum absolute atomic E-state index is 0.0444. The van der Waals surface area contributed by atoms with E-state index in [-0.39, 0.29) is 11.7 Å². The Kier molecular flexibility index (Phi) is 5.01. The predicted molar refractivity (Wildman–Crippen MR) is 69.9 cm³/mol. The summed E-state index contributed by atoms with van der Waals surface area (Å²) in [6.07, 6.45) is 0.788. The van der Waals surface area contributed by atoms with Gasteiger partial charge in [0.05, 0.1) is 26.9 Å². The molecule has 4 heteroatoms. The van der Waals surface area contributed by atoms with Crippen molar-refractivity contribution in [2.24, 2.45) is 5.92 Å². The first kappa shape index (κ1) is 14.4. The fourth-order valence-corrected chi connectivity index (χ4v) is 1.75. The van der Waals surface area contributed by atoms with Gasteiger partial charge in [-0.3, -0.25) is 4.79 Å². The van der Waals surface area contributed by atoms with Gasteiger partial charge in [0.2, 0.25) is 5.75 Å². The summed E-state index contributed by atoms with van der Waals surface area (Å²) in [5.41, 5.74) is 0.532. The number of ether oxygens (including phenoxy) is 3. The van der Waals surface area contributed by atoms with Gasteiger partial charge in [-0.05, 0) is 18.6 Å². The standard InChI is InChI=1S/C14H20O4/c1-6-9(2)12(15)10-7-8-11(16-3)14(18-5)13(10)17-4/h7-9H,6H2,1-5H3. The molecule has 0 radical (unpaired) electrons. The number of rotatable bonds is 6. The average molecular weight is 252 g/mol. The first-order chi connectivity index (χ1) is 8.60. The van der Waals surface area contributed by atoms with Crippen LogP contribution in [0.5, 0.6) is 17.2 Å². The third-order valence-electron chi connectivity index (χ3n) is 3.03. The highest BCUT2D eigenvalue weighted by molar-refractivity contribution is 6.01. The smallest absolute Gasteiger partial charge is 0.204 e. The molecule has 1 unspecified atom stereocenters. The molecule has 0 N–H and O–H groups in total. The normalized spacial score (nSPS) is 11.8. The van der Waals surface area contributed by atoms with E-state index >= 15 is 0 Å². The summed E-state index contributed by atoms with van der Waals surface area (Å²) in [5, 5.41) is 0. The molecule has 1 atom stereocenters. The van der Waals surface area contributed by atoms with Crippen molar-refractivity contribution in [3.8, 4) is 17.2 Å². The Morgan fingerprint density at radius 3 is 2.17 bits per heavy atom. The lowest BCUT2D eigenvalue weighted by Gasteiger charge is -2.16. The van der Waals surface area contributed by atoms with Crippen LogP contribution in [0.3, 0.4) is 0 Å². The van der Waals surface area contributed by atoms with Gasteiger partial charge in [0.1, 0.15) is 0 Å². The van der Waals surface area contributed by atoms with E-state index in [0.29, 0.717) is 22.8 Å². The van der Waals surface area contributed by atoms with E-state index < -0.39 is 0 Å². The number of hydrogen-bond donors (Lipinski definition) is 0. The lowest BCUT2D eigenvalue weighted by Crippen LogP contribution is -2.12. The van der Waals surface area contributed by atoms with Crippen molar-refractivity contribution in [1.29, 1.82) is 0 Å². The van der Waals surface area contributed by atoms with Gasteiger partial charge in [-0.1, -0.05) is 13.8 Å². The first-order valence-corrected chi connectivity index (χ1v) is 5.93. The number of methoxy groups -OCH3 is 3. The topological polar surface area (TPSA) is 44.8 Å². The summed E-state index contributed by atoms with van der Waals surface area (Å²) >= 11 is 0. The first-order valence-electron chi connectivity index (χ1n) is 5.93. The largest absolute Gasteiger partial charge is 0.493 e. The molecule has 0 aliphatic rings. The molecular formula is C14H20O4. The molecule has 0 bridgehead atoms. The highest BCUT2D eigenvalue weighted by Crippen LogP contribution is 2.40. The Hall–Kier alpha value is -1.71. The molecule has 100 valence electrons. The van der Waals surface area contributed by atoms with E-state index in [1.165, 1.54) is 14.2 Å². The zero-order valence-electron chi connectivity index (χ0n) is 11.6. The van der Waals surface area contributed by atoms with Crippen molar-refractivity contribution in [2.75, 3.05) is 21.3 Å². The maximum absolute atomic E-state index is 12.2. The summed E-state index contributed by atoms with van der Waals surface area (Å²) in [6.45, 7) is 3.88. The molecular weight excluding hydrogens is 232 g/mol. The Bertz CT molecular complexity index is 426. The van der Waals surface area contributed by atoms with E-state index in [2.05, 4.69) is 0 Å². The van der Waals surface area contributed by atoms with Gasteiger partial charge in [0.25, 0.3) is 0 Å². The molecule has 0 aliphatic heterocycles. The van der Waals surface area contributed by atoms with Crippen molar-refractivity contribution in [3.05, 3.63) is 17.7 Å². The molecule has 4 nitrogen and oxygen atoms in total. The SMILES string of the molecule is CCC(C)C(=O)c1ccc(OC)c(OC)c1OC. The van der Waals surface area contributed by atoms with Crippen LogP contribution in [0.25, 0.3) is 0 Å². The molecule has 0 heterocycles. The van der Waals surface area contributed by atoms with Gasteiger partial charge in [-0.2, -0.15) is 0 Å². The van der Waals surface area contributed by atoms with Gasteiger partial charge in [0.15, 0.2) is 17.3 Å². The zero-order chi connectivity index (χ0) is 13.7. The van der Waals surface area contributed by atoms with Gasteiger partial charge in [0, 0.05) is 5.92 Å². The van der Waals surface area contributed by atoms with Crippen LogP contribution in [0, 0.1) is 5.92 Å². The Morgan fingerprint density at radius 1 is 1.11 bits per heavy atom. The average Bonchev–Trinajstić information content (AvgIpc) is 2.43. The molecule has 1 aromatic carbocycles. The molecule has 0 saturated carbocycles. The number of Topliss-reactive ketones (excluding diaryl/α,β-unsaturated/α-hetero) is 1. The lowest BCUT2D eigenvalue weighted by molar-refractivity contribution is 0.0923. The molecule has 0 spiro atoms. The summed E-state index contributed by atoms with van der Waals surface area (Å²) < 4.78 is 15.7. The van der Waals surface area contributed by atoms with Crippen LogP contribution in [-0.4, -0.2) is 27.1 Å². The van der Waals surface area contributed by atoms with Gasteiger partial charge in [-0.15, -0.1) is 0 Å². The predicted octanol–water partition coefficient (Wildman–Crippen LogP) is 2.94. The number of hydrogen-bond acceptors (Lipinski definition) is 4. The lowest BCUT2D eigenvalue weighted by atomic mass is 9.96. The second-order valence-corrected chi connectivity index (χ2v) is 4.06. The Balaban J connectivity index is 3.33. The van der Waals surface area contributed by atoms with E-state index in [1.807, 2.05) is 13.8 Å². The van der Waals surface area contributed by atoms with Gasteiger partial charge < -0.3 is 14.2 Å². The monoisotopic (exact) mass is 252 g/mol. The molecule has 1 aromatic rings. The number of carbonyl (C=O) groups excluding carboxylic acids is 1. The fraction of sp³-hybridized carbons (Fsp3) is 0.500. The zero-order valence-corrected chi connectivity index (χ0v) is 11.6. The number of ketones is 1. The van der Waals surface area contributed by atoms with Crippen LogP contribution < -0.4 is 14.2 Å². The molecule has 0 amide bonds. The summed E-state index contributed by atoms with van der Waals surface area (Å²) in [6, 6.07) is 3.44. The van der Waals surface area contributed by atoms with Crippen LogP contribution in [0.1, 0.15) is 30.6 Å². The van der Waals surface area contributed by atoms with E-state index in [0.717, 1.165) is 6.42 Å². The van der Waals surface area contributed by atoms with Crippen LogP contribution in [0.4, 0.5) is 0 Å². The van der Waals surface area contributed by atoms with Crippen LogP contribution in [-0.2, 0) is 0 Å². The van der Waals surface area contributed by atoms with E-state index in [1.54, 1.807) is 19.2 Å². The van der Waals surface area contributed by atoms with Crippen molar-refractivity contribution in [1.82, 2.24) is 0 Å². The van der Waals surface area contributed by atoms with Crippen LogP contribution in [0.2, 0.25) is 0 Å². The minimum atomic E-state index is -0.0444. The Labute approximate surface area is 108 Å². The summed E-state index contributed by atoms with van der Waals surface area (Å²) in [4.78, 5) is 12.2. The van der Waals surface area contributed by atoms with Crippen LogP contribution in [0.15, 0.2) is 12.1 Å². The van der Waals surface area contributed by atoms with Gasteiger partial charge in [-0.25, -0.2) is 0 Å². The highest BCUT2D eigenvalue weighted by atomic mass is 16.5. The van der Waals surface area contributed by atoms with E-state index in [9.17, 15) is 4.79 Å². The van der Waals surface area contributed by atoms with Crippen LogP contribution >= 0.6 is 0 Å². The fourth-order valence-electron chi connectivity index (χ4n) is 1.75. The minimum Gasteiger partial charge on any atom is -0.493 e. The number of carbonyl (C=O) groups is 1. The third-order valence-corrected chi connectivity index (χ3v) is 3.03. The Morgan fingerprint density at radius 2 is 1.72 bits per heavy atom. The van der Waals surface area contributed by atoms with Crippen molar-refractivity contribution in [2.45, 2.75) is 20.3 Å². The molecule has 0 aliphatic carbocycles. The summed E-state index contributed by atoms with van der Waals surface area (Å²) in [7, 11) is 4.59. The molecule has 1 rings (SSSR count). The van der Waals surface area contributed by atoms with Crippen molar-refractivity contribution in [3.63, 3.8) is 0 Å². The second-order valence-electron chi connectivity index (χ2n) is 4.06. The molecule has 0 saturated heterocycles. The maximum Gasteiger partial charge on any atom is 0.204 e. The second kappa shape index (κ2) is 6.28. The quantitative estimate of drug-likeness (QED) is 0.730. The maximum atomic E-state index is 12.2. The third kappa shape index (κ3) is 2.58. The summed E-state index contributed by atoms with van der Waals surface area (Å²) in [5.74, 6) is 1.44. The van der Waals surface area contributed by atoms with Gasteiger partial charge >= 0.3 is 0 Å².